The molecule has 0 heterocycles. The molecule has 0 spiro atoms. The number of rotatable bonds is 4. The molecule has 0 fully saturated rings. The first-order valence-electron chi connectivity index (χ1n) is 5.15. The van der Waals surface area contributed by atoms with E-state index in [0.29, 0.717) is 5.56 Å². The number of hydrogen-bond donors (Lipinski definition) is 2. The van der Waals surface area contributed by atoms with Crippen molar-refractivity contribution in [1.82, 2.24) is 0 Å². The zero-order chi connectivity index (χ0) is 12.3. The monoisotopic (exact) mass is 221 g/mol. The minimum atomic E-state index is -1.11. The summed E-state index contributed by atoms with van der Waals surface area (Å²) in [5.41, 5.74) is 5.93. The largest absolute Gasteiger partial charge is 0.478 e. The molecule has 0 aliphatic rings. The maximum atomic E-state index is 11.2. The quantitative estimate of drug-likeness (QED) is 0.815. The summed E-state index contributed by atoms with van der Waals surface area (Å²) in [5, 5.41) is 9.13. The second-order valence-corrected chi connectivity index (χ2v) is 3.75. The van der Waals surface area contributed by atoms with Crippen LogP contribution in [0.3, 0.4) is 0 Å². The van der Waals surface area contributed by atoms with E-state index < -0.39 is 11.9 Å². The molecule has 1 aromatic rings. The number of benzene rings is 1. The molecule has 86 valence electrons. The summed E-state index contributed by atoms with van der Waals surface area (Å²) in [7, 11) is 0. The Morgan fingerprint density at radius 1 is 1.44 bits per heavy atom. The Labute approximate surface area is 94.1 Å². The van der Waals surface area contributed by atoms with Crippen LogP contribution in [0.1, 0.15) is 52.5 Å². The van der Waals surface area contributed by atoms with Crippen molar-refractivity contribution in [3.63, 3.8) is 0 Å². The van der Waals surface area contributed by atoms with Crippen LogP contribution in [0.5, 0.6) is 0 Å². The smallest absolute Gasteiger partial charge is 0.336 e. The first kappa shape index (κ1) is 12.2. The molecule has 3 N–H and O–H groups in total. The van der Waals surface area contributed by atoms with Crippen LogP contribution in [-0.4, -0.2) is 17.0 Å². The number of carbonyl (C=O) groups is 2. The van der Waals surface area contributed by atoms with E-state index in [0.717, 1.165) is 6.42 Å². The second kappa shape index (κ2) is 4.79. The highest BCUT2D eigenvalue weighted by molar-refractivity contribution is 6.05. The highest BCUT2D eigenvalue weighted by atomic mass is 16.4. The molecule has 1 unspecified atom stereocenters. The Kier molecular flexibility index (Phi) is 3.66. The fourth-order valence-corrected chi connectivity index (χ4v) is 1.64. The van der Waals surface area contributed by atoms with Gasteiger partial charge in [-0.1, -0.05) is 26.0 Å². The Morgan fingerprint density at radius 2 is 2.06 bits per heavy atom. The van der Waals surface area contributed by atoms with Crippen LogP contribution in [0.4, 0.5) is 0 Å². The van der Waals surface area contributed by atoms with E-state index in [-0.39, 0.29) is 17.0 Å². The van der Waals surface area contributed by atoms with Gasteiger partial charge in [0.15, 0.2) is 0 Å². The molecule has 1 amide bonds. The molecule has 1 rings (SSSR count). The van der Waals surface area contributed by atoms with Gasteiger partial charge in [-0.25, -0.2) is 4.79 Å². The summed E-state index contributed by atoms with van der Waals surface area (Å²) in [6.07, 6.45) is 0.808. The first-order chi connectivity index (χ1) is 7.49. The van der Waals surface area contributed by atoms with Crippen molar-refractivity contribution in [3.8, 4) is 0 Å². The SMILES string of the molecule is CCC(C)c1cccc(C(N)=O)c1C(=O)O. The molecule has 0 aliphatic heterocycles. The van der Waals surface area contributed by atoms with Crippen LogP contribution in [0, 0.1) is 0 Å². The van der Waals surface area contributed by atoms with Crippen molar-refractivity contribution >= 4 is 11.9 Å². The number of carboxylic acid groups (broad SMARTS) is 1. The van der Waals surface area contributed by atoms with Crippen LogP contribution in [-0.2, 0) is 0 Å². The second-order valence-electron chi connectivity index (χ2n) is 3.75. The average Bonchev–Trinajstić information content (AvgIpc) is 2.26. The van der Waals surface area contributed by atoms with Crippen molar-refractivity contribution in [1.29, 1.82) is 0 Å². The lowest BCUT2D eigenvalue weighted by Crippen LogP contribution is -2.18. The van der Waals surface area contributed by atoms with Crippen molar-refractivity contribution < 1.29 is 14.7 Å². The van der Waals surface area contributed by atoms with Gasteiger partial charge in [0.1, 0.15) is 0 Å². The number of carboxylic acids is 1. The molecular weight excluding hydrogens is 206 g/mol. The van der Waals surface area contributed by atoms with Gasteiger partial charge in [0, 0.05) is 0 Å². The lowest BCUT2D eigenvalue weighted by atomic mass is 9.90. The molecule has 0 saturated heterocycles. The Hall–Kier alpha value is -1.84. The highest BCUT2D eigenvalue weighted by Gasteiger charge is 2.20. The predicted molar refractivity (Wildman–Crippen MR) is 60.6 cm³/mol. The van der Waals surface area contributed by atoms with E-state index in [1.54, 1.807) is 12.1 Å². The molecule has 0 radical (unpaired) electrons. The lowest BCUT2D eigenvalue weighted by Gasteiger charge is -2.14. The van der Waals surface area contributed by atoms with Crippen molar-refractivity contribution in [2.75, 3.05) is 0 Å². The van der Waals surface area contributed by atoms with Gasteiger partial charge in [-0.2, -0.15) is 0 Å². The normalized spacial score (nSPS) is 12.1. The molecule has 16 heavy (non-hydrogen) atoms. The molecule has 0 aliphatic carbocycles. The molecular formula is C12H15NO3. The van der Waals surface area contributed by atoms with E-state index >= 15 is 0 Å². The maximum absolute atomic E-state index is 11.2. The van der Waals surface area contributed by atoms with Gasteiger partial charge in [0.05, 0.1) is 11.1 Å². The van der Waals surface area contributed by atoms with Gasteiger partial charge < -0.3 is 10.8 Å². The van der Waals surface area contributed by atoms with Gasteiger partial charge >= 0.3 is 5.97 Å². The molecule has 0 bridgehead atoms. The van der Waals surface area contributed by atoms with Crippen LogP contribution in [0.25, 0.3) is 0 Å². The minimum Gasteiger partial charge on any atom is -0.478 e. The Bertz CT molecular complexity index is 426. The van der Waals surface area contributed by atoms with Gasteiger partial charge in [0.25, 0.3) is 0 Å². The lowest BCUT2D eigenvalue weighted by molar-refractivity contribution is 0.0690. The molecule has 4 heteroatoms. The zero-order valence-corrected chi connectivity index (χ0v) is 9.36. The van der Waals surface area contributed by atoms with Crippen LogP contribution < -0.4 is 5.73 Å². The van der Waals surface area contributed by atoms with E-state index in [4.69, 9.17) is 10.8 Å². The molecule has 1 atom stereocenters. The Morgan fingerprint density at radius 3 is 2.50 bits per heavy atom. The topological polar surface area (TPSA) is 80.4 Å². The van der Waals surface area contributed by atoms with Gasteiger partial charge in [-0.3, -0.25) is 4.79 Å². The summed E-state index contributed by atoms with van der Waals surface area (Å²) < 4.78 is 0. The average molecular weight is 221 g/mol. The molecule has 4 nitrogen and oxygen atoms in total. The van der Waals surface area contributed by atoms with Crippen molar-refractivity contribution in [2.45, 2.75) is 26.2 Å². The first-order valence-corrected chi connectivity index (χ1v) is 5.15. The number of carbonyl (C=O) groups excluding carboxylic acids is 1. The third-order valence-electron chi connectivity index (χ3n) is 2.72. The summed E-state index contributed by atoms with van der Waals surface area (Å²) >= 11 is 0. The number of nitrogens with two attached hydrogens (primary N) is 1. The third-order valence-corrected chi connectivity index (χ3v) is 2.72. The van der Waals surface area contributed by atoms with E-state index in [2.05, 4.69) is 0 Å². The number of amides is 1. The fourth-order valence-electron chi connectivity index (χ4n) is 1.64. The summed E-state index contributed by atoms with van der Waals surface area (Å²) in [4.78, 5) is 22.3. The van der Waals surface area contributed by atoms with Crippen LogP contribution >= 0.6 is 0 Å². The standard InChI is InChI=1S/C12H15NO3/c1-3-7(2)8-5-4-6-9(11(13)14)10(8)12(15)16/h4-7H,3H2,1-2H3,(H2,13,14)(H,15,16). The highest BCUT2D eigenvalue weighted by Crippen LogP contribution is 2.25. The molecule has 0 saturated carbocycles. The van der Waals surface area contributed by atoms with E-state index in [1.807, 2.05) is 13.8 Å². The predicted octanol–water partition coefficient (Wildman–Crippen LogP) is 2.00. The molecule has 1 aromatic carbocycles. The minimum absolute atomic E-state index is 0.0318. The summed E-state index contributed by atoms with van der Waals surface area (Å²) in [5.74, 6) is -1.72. The third kappa shape index (κ3) is 2.21. The van der Waals surface area contributed by atoms with Crippen LogP contribution in [0.2, 0.25) is 0 Å². The van der Waals surface area contributed by atoms with Gasteiger partial charge in [-0.05, 0) is 24.0 Å². The van der Waals surface area contributed by atoms with Crippen LogP contribution in [0.15, 0.2) is 18.2 Å². The van der Waals surface area contributed by atoms with Crippen molar-refractivity contribution in [3.05, 3.63) is 34.9 Å². The van der Waals surface area contributed by atoms with Gasteiger partial charge in [-0.15, -0.1) is 0 Å². The number of hydrogen-bond acceptors (Lipinski definition) is 2. The van der Waals surface area contributed by atoms with E-state index in [1.165, 1.54) is 6.07 Å². The van der Waals surface area contributed by atoms with Crippen molar-refractivity contribution in [2.24, 2.45) is 5.73 Å². The van der Waals surface area contributed by atoms with Gasteiger partial charge in [0.2, 0.25) is 5.91 Å². The van der Waals surface area contributed by atoms with E-state index in [9.17, 15) is 9.59 Å². The Balaban J connectivity index is 3.44. The molecule has 0 aromatic heterocycles. The summed E-state index contributed by atoms with van der Waals surface area (Å²) in [6, 6.07) is 4.83. The number of primary amides is 1. The summed E-state index contributed by atoms with van der Waals surface area (Å²) in [6.45, 7) is 3.89. The maximum Gasteiger partial charge on any atom is 0.336 e. The number of aromatic carboxylic acids is 1. The zero-order valence-electron chi connectivity index (χ0n) is 9.36. The fraction of sp³-hybridized carbons (Fsp3) is 0.333.